The average Bonchev–Trinajstić information content (AvgIpc) is 2.29. The van der Waals surface area contributed by atoms with Gasteiger partial charge in [-0.25, -0.2) is 8.42 Å². The smallest absolute Gasteiger partial charge is 0.221 e. The number of sulfone groups is 1. The van der Waals surface area contributed by atoms with Crippen molar-refractivity contribution in [2.75, 3.05) is 11.1 Å². The van der Waals surface area contributed by atoms with E-state index in [4.69, 9.17) is 0 Å². The molecular formula is C13H17NO3S. The number of unbranched alkanes of at least 4 members (excludes halogenated alkanes) is 1. The summed E-state index contributed by atoms with van der Waals surface area (Å²) in [5.41, 5.74) is 0.590. The predicted octanol–water partition coefficient (Wildman–Crippen LogP) is 2.38. The molecule has 0 saturated carbocycles. The Morgan fingerprint density at radius 2 is 1.94 bits per heavy atom. The predicted molar refractivity (Wildman–Crippen MR) is 72.2 cm³/mol. The second kappa shape index (κ2) is 6.35. The molecule has 1 aromatic rings. The van der Waals surface area contributed by atoms with Crippen LogP contribution in [0.3, 0.4) is 0 Å². The summed E-state index contributed by atoms with van der Waals surface area (Å²) in [6, 6.07) is 6.19. The standard InChI is InChI=1S/C13H17NO3S/c1-3-4-5-10-18(16,17)13-8-6-12(7-9-13)14-11(2)15/h3,6-9H,1,4-5,10H2,2H3,(H,14,15). The molecule has 1 amide bonds. The minimum Gasteiger partial charge on any atom is -0.326 e. The van der Waals surface area contributed by atoms with E-state index in [1.54, 1.807) is 18.2 Å². The summed E-state index contributed by atoms with van der Waals surface area (Å²) in [7, 11) is -3.24. The van der Waals surface area contributed by atoms with E-state index in [2.05, 4.69) is 11.9 Å². The van der Waals surface area contributed by atoms with Gasteiger partial charge in [-0.05, 0) is 37.1 Å². The van der Waals surface area contributed by atoms with Crippen LogP contribution in [-0.2, 0) is 14.6 Å². The summed E-state index contributed by atoms with van der Waals surface area (Å²) in [6.45, 7) is 4.96. The van der Waals surface area contributed by atoms with Gasteiger partial charge in [0, 0.05) is 12.6 Å². The number of hydrogen-bond acceptors (Lipinski definition) is 3. The molecule has 0 spiro atoms. The molecule has 0 heterocycles. The molecule has 0 saturated heterocycles. The van der Waals surface area contributed by atoms with Gasteiger partial charge < -0.3 is 5.32 Å². The molecule has 0 aliphatic carbocycles. The van der Waals surface area contributed by atoms with Crippen molar-refractivity contribution in [2.45, 2.75) is 24.7 Å². The van der Waals surface area contributed by atoms with Crippen molar-refractivity contribution in [3.05, 3.63) is 36.9 Å². The van der Waals surface area contributed by atoms with E-state index in [-0.39, 0.29) is 16.6 Å². The molecule has 1 rings (SSSR count). The second-order valence-electron chi connectivity index (χ2n) is 3.96. The van der Waals surface area contributed by atoms with Gasteiger partial charge in [0.05, 0.1) is 10.6 Å². The summed E-state index contributed by atoms with van der Waals surface area (Å²) in [4.78, 5) is 11.1. The van der Waals surface area contributed by atoms with E-state index < -0.39 is 9.84 Å². The maximum absolute atomic E-state index is 11.9. The number of hydrogen-bond donors (Lipinski definition) is 1. The second-order valence-corrected chi connectivity index (χ2v) is 6.06. The van der Waals surface area contributed by atoms with Gasteiger partial charge >= 0.3 is 0 Å². The Labute approximate surface area is 108 Å². The quantitative estimate of drug-likeness (QED) is 0.636. The summed E-state index contributed by atoms with van der Waals surface area (Å²) in [6.07, 6.45) is 2.96. The van der Waals surface area contributed by atoms with Crippen LogP contribution in [0.4, 0.5) is 5.69 Å². The Balaban J connectivity index is 2.77. The SMILES string of the molecule is C=CCCCS(=O)(=O)c1ccc(NC(C)=O)cc1. The van der Waals surface area contributed by atoms with Crippen molar-refractivity contribution >= 4 is 21.4 Å². The van der Waals surface area contributed by atoms with Gasteiger partial charge in [-0.3, -0.25) is 4.79 Å². The number of rotatable bonds is 6. The van der Waals surface area contributed by atoms with Gasteiger partial charge in [-0.2, -0.15) is 0 Å². The van der Waals surface area contributed by atoms with Crippen molar-refractivity contribution in [1.82, 2.24) is 0 Å². The zero-order chi connectivity index (χ0) is 13.6. The highest BCUT2D eigenvalue weighted by Crippen LogP contribution is 2.16. The lowest BCUT2D eigenvalue weighted by molar-refractivity contribution is -0.114. The third-order valence-electron chi connectivity index (χ3n) is 2.36. The summed E-state index contributed by atoms with van der Waals surface area (Å²) >= 11 is 0. The molecule has 0 aliphatic heterocycles. The summed E-state index contributed by atoms with van der Waals surface area (Å²) < 4.78 is 23.8. The van der Waals surface area contributed by atoms with Crippen LogP contribution in [0.25, 0.3) is 0 Å². The van der Waals surface area contributed by atoms with Crippen LogP contribution in [0.15, 0.2) is 41.8 Å². The van der Waals surface area contributed by atoms with Crippen molar-refractivity contribution in [2.24, 2.45) is 0 Å². The van der Waals surface area contributed by atoms with Crippen molar-refractivity contribution in [3.8, 4) is 0 Å². The molecule has 0 unspecified atom stereocenters. The number of carbonyl (C=O) groups is 1. The van der Waals surface area contributed by atoms with Crippen molar-refractivity contribution < 1.29 is 13.2 Å². The highest BCUT2D eigenvalue weighted by molar-refractivity contribution is 7.91. The minimum absolute atomic E-state index is 0.110. The molecule has 4 nitrogen and oxygen atoms in total. The zero-order valence-electron chi connectivity index (χ0n) is 10.3. The van der Waals surface area contributed by atoms with Crippen molar-refractivity contribution in [3.63, 3.8) is 0 Å². The Hall–Kier alpha value is -1.62. The third kappa shape index (κ3) is 4.33. The first-order valence-corrected chi connectivity index (χ1v) is 7.32. The maximum Gasteiger partial charge on any atom is 0.221 e. The van der Waals surface area contributed by atoms with Crippen LogP contribution >= 0.6 is 0 Å². The number of nitrogens with one attached hydrogen (secondary N) is 1. The lowest BCUT2D eigenvalue weighted by atomic mass is 10.3. The number of anilines is 1. The van der Waals surface area contributed by atoms with Gasteiger partial charge in [-0.15, -0.1) is 6.58 Å². The Bertz CT molecular complexity index is 518. The fourth-order valence-electron chi connectivity index (χ4n) is 1.48. The molecule has 0 radical (unpaired) electrons. The molecule has 5 heteroatoms. The molecule has 0 fully saturated rings. The maximum atomic E-state index is 11.9. The van der Waals surface area contributed by atoms with Gasteiger partial charge in [-0.1, -0.05) is 6.08 Å². The average molecular weight is 267 g/mol. The first kappa shape index (κ1) is 14.4. The zero-order valence-corrected chi connectivity index (χ0v) is 11.2. The first-order chi connectivity index (χ1) is 8.45. The normalized spacial score (nSPS) is 10.9. The van der Waals surface area contributed by atoms with E-state index >= 15 is 0 Å². The van der Waals surface area contributed by atoms with E-state index in [1.807, 2.05) is 0 Å². The third-order valence-corrected chi connectivity index (χ3v) is 4.17. The molecule has 0 bridgehead atoms. The van der Waals surface area contributed by atoms with Crippen LogP contribution in [-0.4, -0.2) is 20.1 Å². The molecule has 98 valence electrons. The van der Waals surface area contributed by atoms with Crippen LogP contribution in [0.1, 0.15) is 19.8 Å². The Kier molecular flexibility index (Phi) is 5.09. The molecular weight excluding hydrogens is 250 g/mol. The van der Waals surface area contributed by atoms with E-state index in [0.717, 1.165) is 0 Å². The fraction of sp³-hybridized carbons (Fsp3) is 0.308. The van der Waals surface area contributed by atoms with Gasteiger partial charge in [0.25, 0.3) is 0 Å². The molecule has 0 aromatic heterocycles. The molecule has 18 heavy (non-hydrogen) atoms. The van der Waals surface area contributed by atoms with Gasteiger partial charge in [0.1, 0.15) is 0 Å². The van der Waals surface area contributed by atoms with Gasteiger partial charge in [0.15, 0.2) is 9.84 Å². The van der Waals surface area contributed by atoms with Crippen molar-refractivity contribution in [1.29, 1.82) is 0 Å². The Morgan fingerprint density at radius 3 is 2.44 bits per heavy atom. The van der Waals surface area contributed by atoms with Crippen LogP contribution in [0.2, 0.25) is 0 Å². The number of carbonyl (C=O) groups excluding carboxylic acids is 1. The fourth-order valence-corrected chi connectivity index (χ4v) is 2.82. The van der Waals surface area contributed by atoms with E-state index in [0.29, 0.717) is 18.5 Å². The molecule has 1 aromatic carbocycles. The van der Waals surface area contributed by atoms with Crippen LogP contribution in [0.5, 0.6) is 0 Å². The first-order valence-electron chi connectivity index (χ1n) is 5.67. The highest BCUT2D eigenvalue weighted by atomic mass is 32.2. The lowest BCUT2D eigenvalue weighted by Gasteiger charge is -2.05. The van der Waals surface area contributed by atoms with E-state index in [1.165, 1.54) is 19.1 Å². The molecule has 1 N–H and O–H groups in total. The minimum atomic E-state index is -3.24. The van der Waals surface area contributed by atoms with Crippen LogP contribution < -0.4 is 5.32 Å². The van der Waals surface area contributed by atoms with E-state index in [9.17, 15) is 13.2 Å². The monoisotopic (exact) mass is 267 g/mol. The topological polar surface area (TPSA) is 63.2 Å². The highest BCUT2D eigenvalue weighted by Gasteiger charge is 2.13. The molecule has 0 aliphatic rings. The van der Waals surface area contributed by atoms with Crippen LogP contribution in [0, 0.1) is 0 Å². The molecule has 0 atom stereocenters. The number of allylic oxidation sites excluding steroid dienone is 1. The lowest BCUT2D eigenvalue weighted by Crippen LogP contribution is -2.08. The summed E-state index contributed by atoms with van der Waals surface area (Å²) in [5.74, 6) is -0.0741. The number of benzene rings is 1. The summed E-state index contributed by atoms with van der Waals surface area (Å²) in [5, 5.41) is 2.59. The van der Waals surface area contributed by atoms with Gasteiger partial charge in [0.2, 0.25) is 5.91 Å². The number of amides is 1. The Morgan fingerprint density at radius 1 is 1.33 bits per heavy atom. The largest absolute Gasteiger partial charge is 0.326 e.